The Balaban J connectivity index is 1.80. The van der Waals surface area contributed by atoms with Gasteiger partial charge in [0.1, 0.15) is 24.1 Å². The van der Waals surface area contributed by atoms with Crippen molar-refractivity contribution < 1.29 is 9.90 Å². The molecule has 0 saturated carbocycles. The van der Waals surface area contributed by atoms with E-state index in [1.54, 1.807) is 4.90 Å². The monoisotopic (exact) mass is 341 g/mol. The molecule has 7 nitrogen and oxygen atoms in total. The summed E-state index contributed by atoms with van der Waals surface area (Å²) in [6.45, 7) is 4.65. The van der Waals surface area contributed by atoms with Gasteiger partial charge in [-0.25, -0.2) is 15.0 Å². The van der Waals surface area contributed by atoms with Crippen LogP contribution in [0.25, 0.3) is 0 Å². The van der Waals surface area contributed by atoms with E-state index in [4.69, 9.17) is 5.11 Å². The van der Waals surface area contributed by atoms with Gasteiger partial charge in [-0.1, -0.05) is 6.07 Å². The number of rotatable bonds is 4. The van der Waals surface area contributed by atoms with Crippen LogP contribution in [0.1, 0.15) is 36.0 Å². The second-order valence-electron chi connectivity index (χ2n) is 6.38. The Bertz CT molecular complexity index is 765. The number of hydrogen-bond acceptors (Lipinski definition) is 6. The molecule has 2 aromatic rings. The Kier molecular flexibility index (Phi) is 5.23. The van der Waals surface area contributed by atoms with E-state index >= 15 is 0 Å². The van der Waals surface area contributed by atoms with Crippen LogP contribution in [0.15, 0.2) is 24.3 Å². The van der Waals surface area contributed by atoms with Crippen molar-refractivity contribution in [3.05, 3.63) is 41.5 Å². The molecule has 1 fully saturated rings. The molecule has 0 aromatic carbocycles. The van der Waals surface area contributed by atoms with Gasteiger partial charge in [0.25, 0.3) is 0 Å². The second-order valence-corrected chi connectivity index (χ2v) is 6.38. The van der Waals surface area contributed by atoms with Crippen LogP contribution in [0.4, 0.5) is 11.6 Å². The summed E-state index contributed by atoms with van der Waals surface area (Å²) < 4.78 is 0. The van der Waals surface area contributed by atoms with Crippen molar-refractivity contribution >= 4 is 17.5 Å². The first kappa shape index (κ1) is 17.3. The first-order valence-electron chi connectivity index (χ1n) is 8.50. The molecule has 1 aliphatic rings. The van der Waals surface area contributed by atoms with Crippen molar-refractivity contribution in [1.29, 1.82) is 0 Å². The highest BCUT2D eigenvalue weighted by molar-refractivity contribution is 5.77. The molecular formula is C18H23N5O2. The van der Waals surface area contributed by atoms with Crippen LogP contribution >= 0.6 is 0 Å². The van der Waals surface area contributed by atoms with Gasteiger partial charge in [0.2, 0.25) is 5.91 Å². The van der Waals surface area contributed by atoms with Gasteiger partial charge in [0.05, 0.1) is 0 Å². The van der Waals surface area contributed by atoms with Crippen LogP contribution in [0, 0.1) is 13.8 Å². The lowest BCUT2D eigenvalue weighted by Gasteiger charge is -2.31. The number of hydrogen-bond donors (Lipinski definition) is 2. The van der Waals surface area contributed by atoms with Crippen LogP contribution in [0.5, 0.6) is 0 Å². The van der Waals surface area contributed by atoms with Crippen molar-refractivity contribution in [2.24, 2.45) is 0 Å². The molecule has 0 radical (unpaired) electrons. The van der Waals surface area contributed by atoms with Crippen LogP contribution in [-0.2, 0) is 4.79 Å². The molecule has 7 heteroatoms. The van der Waals surface area contributed by atoms with Crippen LogP contribution in [-0.4, -0.2) is 50.6 Å². The van der Waals surface area contributed by atoms with Gasteiger partial charge < -0.3 is 15.3 Å². The minimum Gasteiger partial charge on any atom is -0.387 e. The topological polar surface area (TPSA) is 91.2 Å². The van der Waals surface area contributed by atoms with Crippen molar-refractivity contribution in [1.82, 2.24) is 19.9 Å². The van der Waals surface area contributed by atoms with E-state index in [2.05, 4.69) is 20.3 Å². The quantitative estimate of drug-likeness (QED) is 0.883. The number of nitrogens with zero attached hydrogens (tertiary/aromatic N) is 4. The molecule has 1 amide bonds. The molecule has 0 aliphatic carbocycles. The van der Waals surface area contributed by atoms with Gasteiger partial charge in [-0.3, -0.25) is 4.79 Å². The van der Waals surface area contributed by atoms with Crippen molar-refractivity contribution in [2.75, 3.05) is 25.0 Å². The molecule has 2 N–H and O–H groups in total. The SMILES string of the molecule is Cc1cccc(Nc2cc(C)nc([C@@H]3CCCN(C(=O)CO)C3)n2)n1. The maximum atomic E-state index is 11.8. The number of nitrogens with one attached hydrogen (secondary N) is 1. The fourth-order valence-electron chi connectivity index (χ4n) is 3.10. The highest BCUT2D eigenvalue weighted by Crippen LogP contribution is 2.26. The average Bonchev–Trinajstić information content (AvgIpc) is 2.60. The van der Waals surface area contributed by atoms with Gasteiger partial charge in [0.15, 0.2) is 0 Å². The smallest absolute Gasteiger partial charge is 0.248 e. The Hall–Kier alpha value is -2.54. The Morgan fingerprint density at radius 2 is 2.08 bits per heavy atom. The Labute approximate surface area is 147 Å². The normalized spacial score (nSPS) is 17.4. The van der Waals surface area contributed by atoms with E-state index in [0.29, 0.717) is 18.9 Å². The molecule has 25 heavy (non-hydrogen) atoms. The number of carbonyl (C=O) groups excluding carboxylic acids is 1. The van der Waals surface area contributed by atoms with Gasteiger partial charge >= 0.3 is 0 Å². The highest BCUT2D eigenvalue weighted by atomic mass is 16.3. The van der Waals surface area contributed by atoms with Crippen LogP contribution in [0.2, 0.25) is 0 Å². The van der Waals surface area contributed by atoms with E-state index < -0.39 is 6.61 Å². The summed E-state index contributed by atoms with van der Waals surface area (Å²) in [6, 6.07) is 7.66. The molecule has 0 spiro atoms. The second kappa shape index (κ2) is 7.57. The number of amides is 1. The minimum absolute atomic E-state index is 0.0789. The average molecular weight is 341 g/mol. The Morgan fingerprint density at radius 3 is 2.84 bits per heavy atom. The third kappa shape index (κ3) is 4.30. The summed E-state index contributed by atoms with van der Waals surface area (Å²) >= 11 is 0. The molecule has 1 atom stereocenters. The fourth-order valence-corrected chi connectivity index (χ4v) is 3.10. The van der Waals surface area contributed by atoms with Gasteiger partial charge in [-0.15, -0.1) is 0 Å². The molecule has 3 rings (SSSR count). The zero-order chi connectivity index (χ0) is 17.8. The summed E-state index contributed by atoms with van der Waals surface area (Å²) in [5.74, 6) is 2.01. The number of aliphatic hydroxyl groups is 1. The summed E-state index contributed by atoms with van der Waals surface area (Å²) in [4.78, 5) is 27.1. The number of aliphatic hydroxyl groups excluding tert-OH is 1. The third-order valence-corrected chi connectivity index (χ3v) is 4.29. The summed E-state index contributed by atoms with van der Waals surface area (Å²) in [6.07, 6.45) is 1.82. The first-order chi connectivity index (χ1) is 12.0. The van der Waals surface area contributed by atoms with Gasteiger partial charge in [-0.05, 0) is 38.8 Å². The first-order valence-corrected chi connectivity index (χ1v) is 8.50. The fraction of sp³-hybridized carbons (Fsp3) is 0.444. The molecule has 0 unspecified atom stereocenters. The third-order valence-electron chi connectivity index (χ3n) is 4.29. The number of likely N-dealkylation sites (tertiary alicyclic amines) is 1. The molecule has 2 aromatic heterocycles. The van der Waals surface area contributed by atoms with E-state index in [9.17, 15) is 4.79 Å². The summed E-state index contributed by atoms with van der Waals surface area (Å²) in [7, 11) is 0. The number of anilines is 2. The highest BCUT2D eigenvalue weighted by Gasteiger charge is 2.26. The van der Waals surface area contributed by atoms with E-state index in [0.717, 1.165) is 35.9 Å². The maximum absolute atomic E-state index is 11.8. The lowest BCUT2D eigenvalue weighted by molar-refractivity contribution is -0.135. The van der Waals surface area contributed by atoms with Gasteiger partial charge in [0, 0.05) is 36.5 Å². The molecule has 0 bridgehead atoms. The van der Waals surface area contributed by atoms with Crippen molar-refractivity contribution in [3.8, 4) is 0 Å². The number of aromatic nitrogens is 3. The van der Waals surface area contributed by atoms with E-state index in [1.807, 2.05) is 38.1 Å². The summed E-state index contributed by atoms with van der Waals surface area (Å²) in [5, 5.41) is 12.3. The maximum Gasteiger partial charge on any atom is 0.248 e. The number of carbonyl (C=O) groups is 1. The van der Waals surface area contributed by atoms with Crippen molar-refractivity contribution in [3.63, 3.8) is 0 Å². The molecule has 3 heterocycles. The molecule has 1 aliphatic heterocycles. The van der Waals surface area contributed by atoms with Gasteiger partial charge in [-0.2, -0.15) is 0 Å². The Morgan fingerprint density at radius 1 is 1.24 bits per heavy atom. The van der Waals surface area contributed by atoms with E-state index in [1.165, 1.54) is 0 Å². The number of pyridine rings is 1. The minimum atomic E-state index is -0.451. The molecular weight excluding hydrogens is 318 g/mol. The molecule has 132 valence electrons. The lowest BCUT2D eigenvalue weighted by atomic mass is 9.97. The van der Waals surface area contributed by atoms with Crippen LogP contribution < -0.4 is 5.32 Å². The van der Waals surface area contributed by atoms with Crippen molar-refractivity contribution in [2.45, 2.75) is 32.6 Å². The predicted molar refractivity (Wildman–Crippen MR) is 94.7 cm³/mol. The standard InChI is InChI=1S/C18H23N5O2/c1-12-5-3-7-15(19-12)21-16-9-13(2)20-18(22-16)14-6-4-8-23(10-14)17(25)11-24/h3,5,7,9,14,24H,4,6,8,10-11H2,1-2H3,(H,19,20,21,22)/t14-/m1/s1. The lowest BCUT2D eigenvalue weighted by Crippen LogP contribution is -2.41. The zero-order valence-electron chi connectivity index (χ0n) is 14.6. The van der Waals surface area contributed by atoms with Crippen LogP contribution in [0.3, 0.4) is 0 Å². The number of piperidine rings is 1. The number of aryl methyl sites for hydroxylation is 2. The molecule has 1 saturated heterocycles. The largest absolute Gasteiger partial charge is 0.387 e. The van der Waals surface area contributed by atoms with E-state index in [-0.39, 0.29) is 11.8 Å². The predicted octanol–water partition coefficient (Wildman–Crippen LogP) is 1.93. The summed E-state index contributed by atoms with van der Waals surface area (Å²) in [5.41, 5.74) is 1.80. The zero-order valence-corrected chi connectivity index (χ0v) is 14.6.